The summed E-state index contributed by atoms with van der Waals surface area (Å²) < 4.78 is 0. The Hall–Kier alpha value is 0.0900. The molecular formula is C12H24S. The van der Waals surface area contributed by atoms with Gasteiger partial charge in [-0.15, -0.1) is 0 Å². The molecule has 0 atom stereocenters. The van der Waals surface area contributed by atoms with E-state index in [9.17, 15) is 0 Å². The van der Waals surface area contributed by atoms with Gasteiger partial charge < -0.3 is 0 Å². The molecule has 0 aliphatic heterocycles. The van der Waals surface area contributed by atoms with E-state index in [-0.39, 0.29) is 0 Å². The predicted octanol–water partition coefficient (Wildman–Crippen LogP) is 4.91. The lowest BCUT2D eigenvalue weighted by Crippen LogP contribution is -1.86. The molecule has 0 fully saturated rings. The van der Waals surface area contributed by atoms with Gasteiger partial charge in [0, 0.05) is 0 Å². The lowest BCUT2D eigenvalue weighted by molar-refractivity contribution is 0.580. The highest BCUT2D eigenvalue weighted by molar-refractivity contribution is 7.80. The summed E-state index contributed by atoms with van der Waals surface area (Å²) in [6, 6.07) is 0. The van der Waals surface area contributed by atoms with Crippen LogP contribution in [0.4, 0.5) is 0 Å². The van der Waals surface area contributed by atoms with E-state index < -0.39 is 0 Å². The van der Waals surface area contributed by atoms with Gasteiger partial charge in [0.05, 0.1) is 0 Å². The van der Waals surface area contributed by atoms with Crippen molar-refractivity contribution in [3.8, 4) is 0 Å². The van der Waals surface area contributed by atoms with Crippen molar-refractivity contribution in [2.24, 2.45) is 0 Å². The summed E-state index contributed by atoms with van der Waals surface area (Å²) in [6.07, 6.45) is 12.3. The molecule has 0 amide bonds. The van der Waals surface area contributed by atoms with E-state index in [1.165, 1.54) is 56.2 Å². The molecule has 0 unspecified atom stereocenters. The Bertz CT molecular complexity index is 118. The third-order valence-electron chi connectivity index (χ3n) is 2.38. The van der Waals surface area contributed by atoms with E-state index in [4.69, 9.17) is 12.2 Å². The Morgan fingerprint density at radius 1 is 0.846 bits per heavy atom. The zero-order valence-corrected chi connectivity index (χ0v) is 10.1. The summed E-state index contributed by atoms with van der Waals surface area (Å²) >= 11 is 5.03. The van der Waals surface area contributed by atoms with Crippen molar-refractivity contribution in [1.29, 1.82) is 0 Å². The first kappa shape index (κ1) is 13.1. The highest BCUT2D eigenvalue weighted by Crippen LogP contribution is 2.09. The molecule has 0 N–H and O–H groups in total. The van der Waals surface area contributed by atoms with E-state index in [1.807, 2.05) is 0 Å². The van der Waals surface area contributed by atoms with Crippen LogP contribution in [0.3, 0.4) is 0 Å². The van der Waals surface area contributed by atoms with Crippen LogP contribution in [0, 0.1) is 0 Å². The lowest BCUT2D eigenvalue weighted by Gasteiger charge is -2.00. The van der Waals surface area contributed by atoms with Crippen LogP contribution in [0.2, 0.25) is 0 Å². The van der Waals surface area contributed by atoms with Gasteiger partial charge in [-0.05, 0) is 24.6 Å². The molecule has 0 aromatic carbocycles. The minimum absolute atomic E-state index is 1.16. The first-order valence-electron chi connectivity index (χ1n) is 5.76. The van der Waals surface area contributed by atoms with Crippen LogP contribution >= 0.6 is 12.2 Å². The second-order valence-electron chi connectivity index (χ2n) is 3.93. The van der Waals surface area contributed by atoms with Crippen molar-refractivity contribution in [3.05, 3.63) is 0 Å². The largest absolute Gasteiger partial charge is 0.0900 e. The van der Waals surface area contributed by atoms with E-state index in [2.05, 4.69) is 13.8 Å². The van der Waals surface area contributed by atoms with Gasteiger partial charge in [0.2, 0.25) is 0 Å². The standard InChI is InChI=1S/C12H24S/c1-3-4-5-6-7-8-9-10-11-12(2)13/h3-11H2,1-2H3. The molecule has 0 heterocycles. The third-order valence-corrected chi connectivity index (χ3v) is 2.59. The predicted molar refractivity (Wildman–Crippen MR) is 65.5 cm³/mol. The number of unbranched alkanes of at least 4 members (excludes halogenated alkanes) is 7. The molecule has 13 heavy (non-hydrogen) atoms. The summed E-state index contributed by atoms with van der Waals surface area (Å²) in [5, 5.41) is 0. The molecule has 0 spiro atoms. The van der Waals surface area contributed by atoms with Crippen molar-refractivity contribution < 1.29 is 0 Å². The maximum atomic E-state index is 5.03. The van der Waals surface area contributed by atoms with Crippen LogP contribution in [0.5, 0.6) is 0 Å². The van der Waals surface area contributed by atoms with Gasteiger partial charge in [-0.1, -0.05) is 64.1 Å². The van der Waals surface area contributed by atoms with Gasteiger partial charge in [-0.2, -0.15) is 0 Å². The molecule has 78 valence electrons. The molecule has 0 aliphatic rings. The van der Waals surface area contributed by atoms with Crippen LogP contribution in [-0.4, -0.2) is 4.86 Å². The van der Waals surface area contributed by atoms with Gasteiger partial charge in [-0.3, -0.25) is 0 Å². The van der Waals surface area contributed by atoms with Crippen LogP contribution in [-0.2, 0) is 0 Å². The Morgan fingerprint density at radius 2 is 1.31 bits per heavy atom. The second-order valence-corrected chi connectivity index (χ2v) is 4.62. The summed E-state index contributed by atoms with van der Waals surface area (Å²) in [6.45, 7) is 4.32. The number of thiocarbonyl (C=S) groups is 1. The van der Waals surface area contributed by atoms with Crippen molar-refractivity contribution in [3.63, 3.8) is 0 Å². The first-order chi connectivity index (χ1) is 6.27. The smallest absolute Gasteiger partial charge is 0.0102 e. The summed E-state index contributed by atoms with van der Waals surface area (Å²) in [5.41, 5.74) is 0. The highest BCUT2D eigenvalue weighted by atomic mass is 32.1. The van der Waals surface area contributed by atoms with Gasteiger partial charge in [0.1, 0.15) is 0 Å². The highest BCUT2D eigenvalue weighted by Gasteiger charge is 1.92. The minimum Gasteiger partial charge on any atom is -0.0900 e. The Labute approximate surface area is 89.1 Å². The molecule has 0 aromatic heterocycles. The van der Waals surface area contributed by atoms with Crippen LogP contribution in [0.1, 0.15) is 71.6 Å². The fourth-order valence-corrected chi connectivity index (χ4v) is 1.65. The molecule has 1 heteroatoms. The van der Waals surface area contributed by atoms with Crippen LogP contribution in [0.15, 0.2) is 0 Å². The number of hydrogen-bond donors (Lipinski definition) is 0. The quantitative estimate of drug-likeness (QED) is 0.376. The molecule has 0 saturated heterocycles. The Morgan fingerprint density at radius 3 is 1.77 bits per heavy atom. The minimum atomic E-state index is 1.16. The fraction of sp³-hybridized carbons (Fsp3) is 0.917. The van der Waals surface area contributed by atoms with Crippen molar-refractivity contribution in [2.45, 2.75) is 71.6 Å². The molecular weight excluding hydrogens is 176 g/mol. The summed E-state index contributed by atoms with van der Waals surface area (Å²) in [7, 11) is 0. The monoisotopic (exact) mass is 200 g/mol. The normalized spacial score (nSPS) is 10.3. The summed E-state index contributed by atoms with van der Waals surface area (Å²) in [4.78, 5) is 1.17. The number of hydrogen-bond acceptors (Lipinski definition) is 1. The lowest BCUT2D eigenvalue weighted by atomic mass is 10.1. The van der Waals surface area contributed by atoms with E-state index in [0.29, 0.717) is 0 Å². The molecule has 0 radical (unpaired) electrons. The van der Waals surface area contributed by atoms with Gasteiger partial charge in [0.15, 0.2) is 0 Å². The van der Waals surface area contributed by atoms with Crippen molar-refractivity contribution >= 4 is 17.1 Å². The molecule has 0 rings (SSSR count). The van der Waals surface area contributed by atoms with Gasteiger partial charge in [0.25, 0.3) is 0 Å². The topological polar surface area (TPSA) is 0 Å². The summed E-state index contributed by atoms with van der Waals surface area (Å²) in [5.74, 6) is 0. The van der Waals surface area contributed by atoms with E-state index >= 15 is 0 Å². The second kappa shape index (κ2) is 10.2. The maximum Gasteiger partial charge on any atom is -0.0102 e. The van der Waals surface area contributed by atoms with Crippen molar-refractivity contribution in [1.82, 2.24) is 0 Å². The Balaban J connectivity index is 2.87. The average Bonchev–Trinajstić information content (AvgIpc) is 2.09. The molecule has 0 aromatic rings. The van der Waals surface area contributed by atoms with Crippen molar-refractivity contribution in [2.75, 3.05) is 0 Å². The zero-order chi connectivity index (χ0) is 9.94. The third kappa shape index (κ3) is 12.1. The van der Waals surface area contributed by atoms with E-state index in [0.717, 1.165) is 6.42 Å². The zero-order valence-electron chi connectivity index (χ0n) is 9.27. The molecule has 0 saturated carbocycles. The first-order valence-corrected chi connectivity index (χ1v) is 6.17. The molecule has 0 nitrogen and oxygen atoms in total. The van der Waals surface area contributed by atoms with Gasteiger partial charge in [-0.25, -0.2) is 0 Å². The fourth-order valence-electron chi connectivity index (χ4n) is 1.51. The molecule has 0 bridgehead atoms. The molecule has 0 aliphatic carbocycles. The van der Waals surface area contributed by atoms with Crippen LogP contribution < -0.4 is 0 Å². The van der Waals surface area contributed by atoms with Gasteiger partial charge >= 0.3 is 0 Å². The average molecular weight is 200 g/mol. The van der Waals surface area contributed by atoms with E-state index in [1.54, 1.807) is 0 Å². The number of rotatable bonds is 9. The van der Waals surface area contributed by atoms with Crippen LogP contribution in [0.25, 0.3) is 0 Å². The Kier molecular flexibility index (Phi) is 10.2. The SMILES string of the molecule is CCCCCCCCCCC(C)=S. The maximum absolute atomic E-state index is 5.03.